The maximum absolute atomic E-state index is 11.5. The predicted molar refractivity (Wildman–Crippen MR) is 116 cm³/mol. The maximum Gasteiger partial charge on any atom is 0.202 e. The van der Waals surface area contributed by atoms with Crippen LogP contribution in [0.15, 0.2) is 84.5 Å². The van der Waals surface area contributed by atoms with E-state index in [1.807, 2.05) is 60.7 Å². The summed E-state index contributed by atoms with van der Waals surface area (Å²) in [7, 11) is -2.72. The summed E-state index contributed by atoms with van der Waals surface area (Å²) in [6, 6.07) is 19.3. The molecule has 0 amide bonds. The van der Waals surface area contributed by atoms with Gasteiger partial charge in [0.1, 0.15) is 0 Å². The van der Waals surface area contributed by atoms with Gasteiger partial charge in [-0.1, -0.05) is 84.5 Å². The highest BCUT2D eigenvalue weighted by Crippen LogP contribution is 2.29. The van der Waals surface area contributed by atoms with Gasteiger partial charge in [-0.25, -0.2) is 13.1 Å². The van der Waals surface area contributed by atoms with Gasteiger partial charge in [-0.2, -0.15) is 0 Å². The van der Waals surface area contributed by atoms with E-state index in [0.29, 0.717) is 0 Å². The van der Waals surface area contributed by atoms with Crippen LogP contribution < -0.4 is 10.0 Å². The van der Waals surface area contributed by atoms with Crippen LogP contribution in [0.2, 0.25) is 0 Å². The molecule has 0 fully saturated rings. The first-order valence-electron chi connectivity index (χ1n) is 9.81. The summed E-state index contributed by atoms with van der Waals surface area (Å²) in [5.74, 6) is 0. The maximum atomic E-state index is 11.5. The van der Waals surface area contributed by atoms with Crippen molar-refractivity contribution in [3.8, 4) is 0 Å². The summed E-state index contributed by atoms with van der Waals surface area (Å²) in [5, 5.41) is 3.60. The second kappa shape index (κ2) is 11.0. The third-order valence-electron chi connectivity index (χ3n) is 5.02. The molecule has 1 aliphatic carbocycles. The minimum Gasteiger partial charge on any atom is -0.308 e. The van der Waals surface area contributed by atoms with Gasteiger partial charge in [0.05, 0.1) is 12.1 Å². The Morgan fingerprint density at radius 3 is 2.07 bits per heavy atom. The normalized spacial score (nSPS) is 16.0. The number of thiol groups is 1. The molecule has 0 aromatic heterocycles. The van der Waals surface area contributed by atoms with E-state index < -0.39 is 10.9 Å². The molecule has 1 aliphatic rings. The molecule has 2 aromatic carbocycles. The van der Waals surface area contributed by atoms with Crippen LogP contribution in [0.4, 0.5) is 0 Å². The van der Waals surface area contributed by atoms with Crippen LogP contribution in [-0.4, -0.2) is 15.0 Å². The second-order valence-electron chi connectivity index (χ2n) is 6.99. The van der Waals surface area contributed by atoms with Crippen molar-refractivity contribution < 1.29 is 8.42 Å². The molecule has 0 spiro atoms. The molecule has 5 heteroatoms. The summed E-state index contributed by atoms with van der Waals surface area (Å²) in [5.41, 5.74) is 3.50. The van der Waals surface area contributed by atoms with E-state index in [9.17, 15) is 8.42 Å². The van der Waals surface area contributed by atoms with Crippen LogP contribution in [0.1, 0.15) is 48.9 Å². The summed E-state index contributed by atoms with van der Waals surface area (Å²) in [6.07, 6.45) is 10.9. The molecule has 2 N–H and O–H groups in total. The Kier molecular flexibility index (Phi) is 8.03. The second-order valence-corrected chi connectivity index (χ2v) is 7.77. The van der Waals surface area contributed by atoms with Crippen molar-refractivity contribution in [2.45, 2.75) is 37.8 Å². The zero-order valence-electron chi connectivity index (χ0n) is 16.0. The zero-order valence-corrected chi connectivity index (χ0v) is 16.9. The van der Waals surface area contributed by atoms with Crippen LogP contribution in [0.25, 0.3) is 0 Å². The molecule has 148 valence electrons. The Morgan fingerprint density at radius 1 is 0.857 bits per heavy atom. The fraction of sp³-hybridized carbons (Fsp3) is 0.304. The van der Waals surface area contributed by atoms with Gasteiger partial charge in [0.15, 0.2) is 0 Å². The average molecular weight is 397 g/mol. The smallest absolute Gasteiger partial charge is 0.202 e. The van der Waals surface area contributed by atoms with Gasteiger partial charge in [0.25, 0.3) is 0 Å². The average Bonchev–Trinajstić information content (AvgIpc) is 2.74. The quantitative estimate of drug-likeness (QED) is 0.320. The van der Waals surface area contributed by atoms with Crippen molar-refractivity contribution in [2.75, 3.05) is 6.54 Å². The van der Waals surface area contributed by atoms with E-state index in [-0.39, 0.29) is 12.1 Å². The molecule has 0 heterocycles. The van der Waals surface area contributed by atoms with Crippen molar-refractivity contribution in [2.24, 2.45) is 0 Å². The van der Waals surface area contributed by atoms with Crippen LogP contribution in [0.3, 0.4) is 0 Å². The zero-order chi connectivity index (χ0) is 19.6. The molecule has 2 aromatic rings. The lowest BCUT2D eigenvalue weighted by Gasteiger charge is -2.28. The highest BCUT2D eigenvalue weighted by molar-refractivity contribution is 7.70. The van der Waals surface area contributed by atoms with Gasteiger partial charge in [-0.15, -0.1) is 0 Å². The van der Waals surface area contributed by atoms with Crippen LogP contribution in [0.5, 0.6) is 0 Å². The number of nitrogens with one attached hydrogen (secondary N) is 2. The highest BCUT2D eigenvalue weighted by Gasteiger charge is 2.24. The number of hydrogen-bond donors (Lipinski definition) is 3. The largest absolute Gasteiger partial charge is 0.308 e. The van der Waals surface area contributed by atoms with Crippen LogP contribution in [0, 0.1) is 0 Å². The minimum atomic E-state index is -2.72. The van der Waals surface area contributed by atoms with E-state index in [4.69, 9.17) is 0 Å². The van der Waals surface area contributed by atoms with E-state index in [2.05, 4.69) is 28.3 Å². The number of benzene rings is 2. The molecule has 0 saturated heterocycles. The summed E-state index contributed by atoms with van der Waals surface area (Å²) in [4.78, 5) is 0. The number of allylic oxidation sites excluding steroid dienone is 4. The van der Waals surface area contributed by atoms with Gasteiger partial charge >= 0.3 is 0 Å². The summed E-state index contributed by atoms with van der Waals surface area (Å²) >= 11 is 0. The molecule has 2 unspecified atom stereocenters. The minimum absolute atomic E-state index is 0.142. The lowest BCUT2D eigenvalue weighted by molar-refractivity contribution is 0.423. The monoisotopic (exact) mass is 396 g/mol. The number of rotatable bonds is 10. The van der Waals surface area contributed by atoms with Crippen molar-refractivity contribution in [3.05, 3.63) is 95.6 Å². The molecule has 0 bridgehead atoms. The van der Waals surface area contributed by atoms with Gasteiger partial charge in [0, 0.05) is 0 Å². The third-order valence-corrected chi connectivity index (χ3v) is 5.51. The molecular formula is C23H28N2O2S. The summed E-state index contributed by atoms with van der Waals surface area (Å²) < 4.78 is 25.8. The van der Waals surface area contributed by atoms with E-state index in [0.717, 1.165) is 43.4 Å². The Balaban J connectivity index is 1.74. The first-order chi connectivity index (χ1) is 13.7. The van der Waals surface area contributed by atoms with Crippen LogP contribution >= 0.6 is 0 Å². The molecule has 28 heavy (non-hydrogen) atoms. The number of hydrogen-bond acceptors (Lipinski definition) is 3. The molecule has 0 saturated carbocycles. The standard InChI is InChI=1S/C23H28N2O2S/c26-28(27)25-23(21-16-8-3-9-17-21)22(20-14-6-2-7-15-20)24-18-10-13-19-11-4-1-5-12-19/h1-4,6-9,12,14-17,22-24,28H,5,10-11,13,18H2,(H,25,26,27). The van der Waals surface area contributed by atoms with Crippen molar-refractivity contribution >= 4 is 10.9 Å². The lowest BCUT2D eigenvalue weighted by atomic mass is 9.93. The SMILES string of the molecule is O=[SH](=O)NC(c1ccccc1)C(NCCCC1=CCC=CC1)c1ccccc1. The van der Waals surface area contributed by atoms with Crippen molar-refractivity contribution in [3.63, 3.8) is 0 Å². The Bertz CT molecular complexity index is 853. The molecule has 0 aliphatic heterocycles. The van der Waals surface area contributed by atoms with E-state index in [1.165, 1.54) is 5.57 Å². The van der Waals surface area contributed by atoms with Gasteiger partial charge < -0.3 is 5.32 Å². The van der Waals surface area contributed by atoms with Crippen molar-refractivity contribution in [1.82, 2.24) is 10.0 Å². The fourth-order valence-electron chi connectivity index (χ4n) is 3.63. The Morgan fingerprint density at radius 2 is 1.50 bits per heavy atom. The fourth-order valence-corrected chi connectivity index (χ4v) is 4.16. The van der Waals surface area contributed by atoms with E-state index in [1.54, 1.807) is 0 Å². The topological polar surface area (TPSA) is 58.2 Å². The Labute approximate surface area is 169 Å². The first-order valence-corrected chi connectivity index (χ1v) is 11.0. The van der Waals surface area contributed by atoms with Gasteiger partial charge in [0.2, 0.25) is 10.9 Å². The third kappa shape index (κ3) is 6.16. The van der Waals surface area contributed by atoms with Gasteiger partial charge in [-0.3, -0.25) is 0 Å². The molecule has 4 nitrogen and oxygen atoms in total. The van der Waals surface area contributed by atoms with Crippen molar-refractivity contribution in [1.29, 1.82) is 0 Å². The predicted octanol–water partition coefficient (Wildman–Crippen LogP) is 4.23. The molecular weight excluding hydrogens is 368 g/mol. The van der Waals surface area contributed by atoms with E-state index >= 15 is 0 Å². The molecule has 0 radical (unpaired) electrons. The molecule has 2 atom stereocenters. The van der Waals surface area contributed by atoms with Gasteiger partial charge in [-0.05, 0) is 43.4 Å². The first kappa shape index (κ1) is 20.5. The van der Waals surface area contributed by atoms with Crippen LogP contribution in [-0.2, 0) is 10.9 Å². The highest BCUT2D eigenvalue weighted by atomic mass is 32.2. The lowest BCUT2D eigenvalue weighted by Crippen LogP contribution is -2.35. The summed E-state index contributed by atoms with van der Waals surface area (Å²) in [6.45, 7) is 0.821. The molecule has 3 rings (SSSR count). The Hall–Kier alpha value is -2.21.